The largest absolute Gasteiger partial charge is 0.508 e. The minimum Gasteiger partial charge on any atom is -0.508 e. The van der Waals surface area contributed by atoms with E-state index in [4.69, 9.17) is 5.73 Å². The molecule has 2 aromatic rings. The van der Waals surface area contributed by atoms with E-state index in [2.05, 4.69) is 5.32 Å². The van der Waals surface area contributed by atoms with Gasteiger partial charge in [-0.25, -0.2) is 0 Å². The number of rotatable bonds is 3. The Morgan fingerprint density at radius 2 is 1.88 bits per heavy atom. The number of aromatic hydroxyl groups is 1. The second kappa shape index (κ2) is 4.84. The lowest BCUT2D eigenvalue weighted by atomic mass is 10.1. The highest BCUT2D eigenvalue weighted by Crippen LogP contribution is 2.20. The number of amides is 1. The van der Waals surface area contributed by atoms with Crippen LogP contribution in [-0.2, 0) is 0 Å². The summed E-state index contributed by atoms with van der Waals surface area (Å²) in [6.45, 7) is 0.889. The lowest BCUT2D eigenvalue weighted by Gasteiger charge is -2.05. The molecular weight excluding hydrogens is 216 g/mol. The Kier molecular flexibility index (Phi) is 3.25. The SMILES string of the molecule is NCCNC(=O)c1ccc2cc(O)ccc2c1. The molecule has 0 radical (unpaired) electrons. The van der Waals surface area contributed by atoms with Crippen molar-refractivity contribution in [1.29, 1.82) is 0 Å². The van der Waals surface area contributed by atoms with E-state index in [0.29, 0.717) is 18.7 Å². The van der Waals surface area contributed by atoms with Crippen molar-refractivity contribution in [2.75, 3.05) is 13.1 Å². The van der Waals surface area contributed by atoms with Crippen LogP contribution in [0.15, 0.2) is 36.4 Å². The zero-order chi connectivity index (χ0) is 12.3. The summed E-state index contributed by atoms with van der Waals surface area (Å²) in [6.07, 6.45) is 0. The lowest BCUT2D eigenvalue weighted by Crippen LogP contribution is -2.28. The third-order valence-corrected chi connectivity index (χ3v) is 2.52. The fourth-order valence-corrected chi connectivity index (χ4v) is 1.66. The number of phenolic OH excluding ortho intramolecular Hbond substituents is 1. The molecule has 0 atom stereocenters. The van der Waals surface area contributed by atoms with Crippen LogP contribution in [-0.4, -0.2) is 24.1 Å². The molecule has 2 rings (SSSR count). The monoisotopic (exact) mass is 230 g/mol. The van der Waals surface area contributed by atoms with Crippen molar-refractivity contribution in [3.63, 3.8) is 0 Å². The van der Waals surface area contributed by atoms with E-state index in [0.717, 1.165) is 10.8 Å². The zero-order valence-electron chi connectivity index (χ0n) is 9.31. The Balaban J connectivity index is 2.31. The predicted molar refractivity (Wildman–Crippen MR) is 67.0 cm³/mol. The summed E-state index contributed by atoms with van der Waals surface area (Å²) in [7, 11) is 0. The van der Waals surface area contributed by atoms with E-state index >= 15 is 0 Å². The van der Waals surface area contributed by atoms with Crippen LogP contribution >= 0.6 is 0 Å². The Morgan fingerprint density at radius 1 is 1.18 bits per heavy atom. The maximum Gasteiger partial charge on any atom is 0.251 e. The van der Waals surface area contributed by atoms with Gasteiger partial charge in [-0.15, -0.1) is 0 Å². The molecule has 0 saturated heterocycles. The van der Waals surface area contributed by atoms with Gasteiger partial charge >= 0.3 is 0 Å². The number of phenols is 1. The molecule has 0 heterocycles. The number of carbonyl (C=O) groups excluding carboxylic acids is 1. The van der Waals surface area contributed by atoms with Gasteiger partial charge in [0.05, 0.1) is 0 Å². The molecule has 0 aromatic heterocycles. The van der Waals surface area contributed by atoms with E-state index in [1.165, 1.54) is 0 Å². The van der Waals surface area contributed by atoms with Gasteiger partial charge in [-0.2, -0.15) is 0 Å². The third-order valence-electron chi connectivity index (χ3n) is 2.52. The molecular formula is C13H14N2O2. The molecule has 0 aliphatic rings. The molecule has 1 amide bonds. The van der Waals surface area contributed by atoms with Crippen LogP contribution in [0.4, 0.5) is 0 Å². The van der Waals surface area contributed by atoms with Gasteiger partial charge < -0.3 is 16.2 Å². The molecule has 17 heavy (non-hydrogen) atoms. The zero-order valence-corrected chi connectivity index (χ0v) is 9.31. The van der Waals surface area contributed by atoms with Gasteiger partial charge in [0, 0.05) is 18.7 Å². The second-order valence-electron chi connectivity index (χ2n) is 3.79. The Hall–Kier alpha value is -2.07. The second-order valence-corrected chi connectivity index (χ2v) is 3.79. The van der Waals surface area contributed by atoms with Crippen molar-refractivity contribution >= 4 is 16.7 Å². The van der Waals surface area contributed by atoms with E-state index in [1.807, 2.05) is 6.07 Å². The molecule has 4 N–H and O–H groups in total. The van der Waals surface area contributed by atoms with E-state index in [1.54, 1.807) is 30.3 Å². The molecule has 0 aliphatic heterocycles. The van der Waals surface area contributed by atoms with Crippen molar-refractivity contribution in [2.45, 2.75) is 0 Å². The first-order chi connectivity index (χ1) is 8.20. The fraction of sp³-hybridized carbons (Fsp3) is 0.154. The standard InChI is InChI=1S/C13H14N2O2/c14-5-6-15-13(17)11-2-1-10-8-12(16)4-3-9(10)7-11/h1-4,7-8,16H,5-6,14H2,(H,15,17). The molecule has 0 saturated carbocycles. The highest BCUT2D eigenvalue weighted by atomic mass is 16.3. The van der Waals surface area contributed by atoms with E-state index in [-0.39, 0.29) is 11.7 Å². The number of carbonyl (C=O) groups is 1. The summed E-state index contributed by atoms with van der Waals surface area (Å²) in [5.74, 6) is 0.0864. The molecule has 0 spiro atoms. The first-order valence-corrected chi connectivity index (χ1v) is 5.42. The molecule has 0 aliphatic carbocycles. The first-order valence-electron chi connectivity index (χ1n) is 5.42. The van der Waals surface area contributed by atoms with Crippen LogP contribution in [0.3, 0.4) is 0 Å². The molecule has 2 aromatic carbocycles. The summed E-state index contributed by atoms with van der Waals surface area (Å²) in [5, 5.41) is 13.9. The predicted octanol–water partition coefficient (Wildman–Crippen LogP) is 1.23. The van der Waals surface area contributed by atoms with Crippen LogP contribution < -0.4 is 11.1 Å². The Morgan fingerprint density at radius 3 is 2.65 bits per heavy atom. The minimum absolute atomic E-state index is 0.134. The molecule has 88 valence electrons. The van der Waals surface area contributed by atoms with Crippen molar-refractivity contribution in [3.05, 3.63) is 42.0 Å². The molecule has 0 unspecified atom stereocenters. The van der Waals surface area contributed by atoms with Gasteiger partial charge in [0.2, 0.25) is 0 Å². The minimum atomic E-state index is -0.134. The van der Waals surface area contributed by atoms with Gasteiger partial charge in [-0.1, -0.05) is 12.1 Å². The van der Waals surface area contributed by atoms with Crippen molar-refractivity contribution in [2.24, 2.45) is 5.73 Å². The average Bonchev–Trinajstić information content (AvgIpc) is 2.35. The number of hydrogen-bond acceptors (Lipinski definition) is 3. The summed E-state index contributed by atoms with van der Waals surface area (Å²) >= 11 is 0. The van der Waals surface area contributed by atoms with Crippen LogP contribution in [0.25, 0.3) is 10.8 Å². The number of benzene rings is 2. The average molecular weight is 230 g/mol. The summed E-state index contributed by atoms with van der Waals surface area (Å²) in [5.41, 5.74) is 5.91. The lowest BCUT2D eigenvalue weighted by molar-refractivity contribution is 0.0955. The number of nitrogens with one attached hydrogen (secondary N) is 1. The van der Waals surface area contributed by atoms with Crippen molar-refractivity contribution < 1.29 is 9.90 Å². The van der Waals surface area contributed by atoms with Crippen LogP contribution in [0.1, 0.15) is 10.4 Å². The number of nitrogens with two attached hydrogens (primary N) is 1. The van der Waals surface area contributed by atoms with Gasteiger partial charge in [0.25, 0.3) is 5.91 Å². The van der Waals surface area contributed by atoms with Crippen LogP contribution in [0, 0.1) is 0 Å². The highest BCUT2D eigenvalue weighted by molar-refractivity contribution is 5.98. The Bertz CT molecular complexity index is 552. The van der Waals surface area contributed by atoms with Crippen molar-refractivity contribution in [1.82, 2.24) is 5.32 Å². The topological polar surface area (TPSA) is 75.3 Å². The van der Waals surface area contributed by atoms with Gasteiger partial charge in [-0.05, 0) is 35.0 Å². The first kappa shape index (κ1) is 11.4. The van der Waals surface area contributed by atoms with E-state index in [9.17, 15) is 9.90 Å². The van der Waals surface area contributed by atoms with Gasteiger partial charge in [0.15, 0.2) is 0 Å². The Labute approximate surface area is 99.1 Å². The quantitative estimate of drug-likeness (QED) is 0.742. The molecule has 0 fully saturated rings. The number of fused-ring (bicyclic) bond motifs is 1. The molecule has 4 nitrogen and oxygen atoms in total. The molecule has 0 bridgehead atoms. The fourth-order valence-electron chi connectivity index (χ4n) is 1.66. The van der Waals surface area contributed by atoms with Gasteiger partial charge in [-0.3, -0.25) is 4.79 Å². The summed E-state index contributed by atoms with van der Waals surface area (Å²) < 4.78 is 0. The number of hydrogen-bond donors (Lipinski definition) is 3. The van der Waals surface area contributed by atoms with Crippen LogP contribution in [0.5, 0.6) is 5.75 Å². The smallest absolute Gasteiger partial charge is 0.251 e. The van der Waals surface area contributed by atoms with Crippen molar-refractivity contribution in [3.8, 4) is 5.75 Å². The third kappa shape index (κ3) is 2.54. The normalized spacial score (nSPS) is 10.4. The van der Waals surface area contributed by atoms with Crippen LogP contribution in [0.2, 0.25) is 0 Å². The maximum atomic E-state index is 11.7. The maximum absolute atomic E-state index is 11.7. The summed E-state index contributed by atoms with van der Waals surface area (Å²) in [4.78, 5) is 11.7. The van der Waals surface area contributed by atoms with E-state index < -0.39 is 0 Å². The summed E-state index contributed by atoms with van der Waals surface area (Å²) in [6, 6.07) is 10.4. The highest BCUT2D eigenvalue weighted by Gasteiger charge is 2.05. The molecule has 4 heteroatoms. The van der Waals surface area contributed by atoms with Gasteiger partial charge in [0.1, 0.15) is 5.75 Å².